The van der Waals surface area contributed by atoms with Gasteiger partial charge < -0.3 is 9.15 Å². The summed E-state index contributed by atoms with van der Waals surface area (Å²) < 4.78 is 10.4. The molecule has 0 spiro atoms. The predicted molar refractivity (Wildman–Crippen MR) is 52.8 cm³/mol. The molecule has 3 nitrogen and oxygen atoms in total. The number of rotatable bonds is 2. The number of benzene rings is 1. The second-order valence-electron chi connectivity index (χ2n) is 3.07. The van der Waals surface area contributed by atoms with Crippen LogP contribution in [0.2, 0.25) is 0 Å². The Balaban J connectivity index is 2.60. The van der Waals surface area contributed by atoms with E-state index in [4.69, 9.17) is 9.15 Å². The third-order valence-corrected chi connectivity index (χ3v) is 2.07. The van der Waals surface area contributed by atoms with Gasteiger partial charge in [0.05, 0.1) is 7.11 Å². The Labute approximate surface area is 81.3 Å². The molecule has 1 aromatic heterocycles. The van der Waals surface area contributed by atoms with E-state index >= 15 is 0 Å². The second-order valence-corrected chi connectivity index (χ2v) is 3.07. The van der Waals surface area contributed by atoms with E-state index in [9.17, 15) is 4.79 Å². The van der Waals surface area contributed by atoms with Crippen molar-refractivity contribution >= 4 is 16.8 Å². The molecule has 0 aliphatic heterocycles. The van der Waals surface area contributed by atoms with Crippen LogP contribution in [-0.2, 0) is 0 Å². The number of hydrogen-bond donors (Lipinski definition) is 0. The summed E-state index contributed by atoms with van der Waals surface area (Å²) in [4.78, 5) is 11.0. The van der Waals surface area contributed by atoms with Gasteiger partial charge in [-0.05, 0) is 24.3 Å². The SMILES string of the molecule is COc1ccc2oc(C(C)=O)cc2c1. The van der Waals surface area contributed by atoms with Crippen LogP contribution in [0.25, 0.3) is 11.0 Å². The van der Waals surface area contributed by atoms with Gasteiger partial charge in [0, 0.05) is 12.3 Å². The molecule has 0 amide bonds. The summed E-state index contributed by atoms with van der Waals surface area (Å²) in [5.74, 6) is 1.07. The molecule has 2 aromatic rings. The van der Waals surface area contributed by atoms with Crippen molar-refractivity contribution in [3.05, 3.63) is 30.0 Å². The first kappa shape index (κ1) is 8.81. The van der Waals surface area contributed by atoms with Crippen LogP contribution in [0.15, 0.2) is 28.7 Å². The van der Waals surface area contributed by atoms with E-state index in [1.807, 2.05) is 6.07 Å². The van der Waals surface area contributed by atoms with Crippen molar-refractivity contribution in [2.24, 2.45) is 0 Å². The van der Waals surface area contributed by atoms with Crippen LogP contribution >= 0.6 is 0 Å². The molecule has 0 fully saturated rings. The van der Waals surface area contributed by atoms with Gasteiger partial charge >= 0.3 is 0 Å². The van der Waals surface area contributed by atoms with Gasteiger partial charge in [0.15, 0.2) is 11.5 Å². The predicted octanol–water partition coefficient (Wildman–Crippen LogP) is 2.64. The van der Waals surface area contributed by atoms with Crippen molar-refractivity contribution in [3.8, 4) is 5.75 Å². The number of carbonyl (C=O) groups excluding carboxylic acids is 1. The van der Waals surface area contributed by atoms with Gasteiger partial charge in [-0.1, -0.05) is 0 Å². The number of furan rings is 1. The molecule has 0 N–H and O–H groups in total. The van der Waals surface area contributed by atoms with Gasteiger partial charge in [0.1, 0.15) is 11.3 Å². The summed E-state index contributed by atoms with van der Waals surface area (Å²) in [5, 5.41) is 0.884. The molecule has 1 aromatic carbocycles. The number of carbonyl (C=O) groups is 1. The lowest BCUT2D eigenvalue weighted by Crippen LogP contribution is -1.85. The van der Waals surface area contributed by atoms with Crippen molar-refractivity contribution in [3.63, 3.8) is 0 Å². The Morgan fingerprint density at radius 1 is 1.36 bits per heavy atom. The zero-order chi connectivity index (χ0) is 10.1. The molecule has 14 heavy (non-hydrogen) atoms. The highest BCUT2D eigenvalue weighted by atomic mass is 16.5. The van der Waals surface area contributed by atoms with Crippen molar-refractivity contribution < 1.29 is 13.9 Å². The second kappa shape index (κ2) is 3.18. The topological polar surface area (TPSA) is 39.4 Å². The van der Waals surface area contributed by atoms with Crippen LogP contribution in [0.1, 0.15) is 17.5 Å². The summed E-state index contributed by atoms with van der Waals surface area (Å²) in [5.41, 5.74) is 0.705. The maximum Gasteiger partial charge on any atom is 0.194 e. The fourth-order valence-corrected chi connectivity index (χ4v) is 1.32. The first-order valence-corrected chi connectivity index (χ1v) is 4.29. The van der Waals surface area contributed by atoms with E-state index in [0.717, 1.165) is 11.1 Å². The van der Waals surface area contributed by atoms with Gasteiger partial charge in [-0.3, -0.25) is 4.79 Å². The first-order chi connectivity index (χ1) is 6.70. The number of ether oxygens (including phenoxy) is 1. The van der Waals surface area contributed by atoms with E-state index in [1.165, 1.54) is 6.92 Å². The van der Waals surface area contributed by atoms with Crippen molar-refractivity contribution in [1.29, 1.82) is 0 Å². The molecule has 0 unspecified atom stereocenters. The van der Waals surface area contributed by atoms with Crippen LogP contribution in [0.3, 0.4) is 0 Å². The lowest BCUT2D eigenvalue weighted by atomic mass is 10.2. The standard InChI is InChI=1S/C11H10O3/c1-7(12)11-6-8-5-9(13-2)3-4-10(8)14-11/h3-6H,1-2H3. The lowest BCUT2D eigenvalue weighted by molar-refractivity contribution is 0.0989. The summed E-state index contributed by atoms with van der Waals surface area (Å²) in [6.45, 7) is 1.48. The van der Waals surface area contributed by atoms with Gasteiger partial charge in [0.25, 0.3) is 0 Å². The fourth-order valence-electron chi connectivity index (χ4n) is 1.32. The minimum atomic E-state index is -0.0693. The van der Waals surface area contributed by atoms with Gasteiger partial charge in [-0.25, -0.2) is 0 Å². The minimum Gasteiger partial charge on any atom is -0.497 e. The minimum absolute atomic E-state index is 0.0693. The fraction of sp³-hybridized carbons (Fsp3) is 0.182. The molecule has 0 saturated heterocycles. The Hall–Kier alpha value is -1.77. The van der Waals surface area contributed by atoms with E-state index in [-0.39, 0.29) is 5.78 Å². The summed E-state index contributed by atoms with van der Waals surface area (Å²) >= 11 is 0. The maximum atomic E-state index is 11.0. The van der Waals surface area contributed by atoms with Gasteiger partial charge in [-0.15, -0.1) is 0 Å². The van der Waals surface area contributed by atoms with Crippen LogP contribution in [0.4, 0.5) is 0 Å². The van der Waals surface area contributed by atoms with E-state index in [0.29, 0.717) is 11.3 Å². The highest BCUT2D eigenvalue weighted by Gasteiger charge is 2.07. The van der Waals surface area contributed by atoms with E-state index in [1.54, 1.807) is 25.3 Å². The molecule has 3 heteroatoms. The van der Waals surface area contributed by atoms with Crippen molar-refractivity contribution in [1.82, 2.24) is 0 Å². The highest BCUT2D eigenvalue weighted by Crippen LogP contribution is 2.24. The highest BCUT2D eigenvalue weighted by molar-refractivity contribution is 5.96. The molecule has 72 valence electrons. The van der Waals surface area contributed by atoms with Crippen LogP contribution < -0.4 is 4.74 Å². The van der Waals surface area contributed by atoms with E-state index in [2.05, 4.69) is 0 Å². The largest absolute Gasteiger partial charge is 0.497 e. The quantitative estimate of drug-likeness (QED) is 0.683. The number of Topliss-reactive ketones (excluding diaryl/α,β-unsaturated/α-hetero) is 1. The third-order valence-electron chi connectivity index (χ3n) is 2.07. The van der Waals surface area contributed by atoms with Crippen LogP contribution in [0.5, 0.6) is 5.75 Å². The molecule has 1 heterocycles. The monoisotopic (exact) mass is 190 g/mol. The smallest absolute Gasteiger partial charge is 0.194 e. The first-order valence-electron chi connectivity index (χ1n) is 4.29. The van der Waals surface area contributed by atoms with Crippen LogP contribution in [0, 0.1) is 0 Å². The third kappa shape index (κ3) is 1.37. The Morgan fingerprint density at radius 2 is 2.14 bits per heavy atom. The molecule has 2 rings (SSSR count). The number of ketones is 1. The zero-order valence-electron chi connectivity index (χ0n) is 8.03. The normalized spacial score (nSPS) is 10.4. The molecule has 0 atom stereocenters. The van der Waals surface area contributed by atoms with Crippen molar-refractivity contribution in [2.45, 2.75) is 6.92 Å². The molecule has 0 aliphatic carbocycles. The lowest BCUT2D eigenvalue weighted by Gasteiger charge is -1.96. The Bertz CT molecular complexity index is 482. The maximum absolute atomic E-state index is 11.0. The van der Waals surface area contributed by atoms with Crippen LogP contribution in [-0.4, -0.2) is 12.9 Å². The number of methoxy groups -OCH3 is 1. The van der Waals surface area contributed by atoms with E-state index < -0.39 is 0 Å². The average Bonchev–Trinajstić information content (AvgIpc) is 2.59. The molecule has 0 saturated carbocycles. The number of fused-ring (bicyclic) bond motifs is 1. The molecular weight excluding hydrogens is 180 g/mol. The molecule has 0 aliphatic rings. The van der Waals surface area contributed by atoms with Gasteiger partial charge in [-0.2, -0.15) is 0 Å². The molecule has 0 radical (unpaired) electrons. The summed E-state index contributed by atoms with van der Waals surface area (Å²) in [6.07, 6.45) is 0. The van der Waals surface area contributed by atoms with Crippen molar-refractivity contribution in [2.75, 3.05) is 7.11 Å². The van der Waals surface area contributed by atoms with Gasteiger partial charge in [0.2, 0.25) is 0 Å². The Morgan fingerprint density at radius 3 is 2.79 bits per heavy atom. The molecule has 0 bridgehead atoms. The average molecular weight is 190 g/mol. The Kier molecular flexibility index (Phi) is 2.00. The summed E-state index contributed by atoms with van der Waals surface area (Å²) in [6, 6.07) is 7.15. The number of hydrogen-bond acceptors (Lipinski definition) is 3. The summed E-state index contributed by atoms with van der Waals surface area (Å²) in [7, 11) is 1.60. The zero-order valence-corrected chi connectivity index (χ0v) is 8.03. The molecular formula is C11H10O3.